The van der Waals surface area contributed by atoms with Crippen LogP contribution in [0.15, 0.2) is 35.5 Å². The predicted molar refractivity (Wildman–Crippen MR) is 99.2 cm³/mol. The number of benzene rings is 1. The molecule has 0 unspecified atom stereocenters. The third kappa shape index (κ3) is 4.19. The van der Waals surface area contributed by atoms with E-state index in [9.17, 15) is 17.6 Å². The Kier molecular flexibility index (Phi) is 5.61. The number of amides is 1. The van der Waals surface area contributed by atoms with Crippen molar-refractivity contribution in [3.8, 4) is 0 Å². The van der Waals surface area contributed by atoms with Gasteiger partial charge in [-0.05, 0) is 44.4 Å². The van der Waals surface area contributed by atoms with E-state index in [4.69, 9.17) is 0 Å². The minimum absolute atomic E-state index is 0.0163. The van der Waals surface area contributed by atoms with Crippen molar-refractivity contribution in [1.29, 1.82) is 0 Å². The number of sulfonamides is 1. The van der Waals surface area contributed by atoms with E-state index in [0.717, 1.165) is 6.07 Å². The molecule has 1 amide bonds. The van der Waals surface area contributed by atoms with Crippen molar-refractivity contribution in [1.82, 2.24) is 14.1 Å². The Morgan fingerprint density at radius 1 is 1.33 bits per heavy atom. The summed E-state index contributed by atoms with van der Waals surface area (Å²) in [7, 11) is -3.77. The summed E-state index contributed by atoms with van der Waals surface area (Å²) in [5.74, 6) is -0.985. The molecule has 2 heterocycles. The van der Waals surface area contributed by atoms with Crippen LogP contribution >= 0.6 is 0 Å². The molecular formula is C18H23FN4O3S. The quantitative estimate of drug-likeness (QED) is 0.844. The number of aromatic nitrogens is 2. The first kappa shape index (κ1) is 19.5. The zero-order valence-corrected chi connectivity index (χ0v) is 16.2. The number of anilines is 1. The van der Waals surface area contributed by atoms with Gasteiger partial charge < -0.3 is 5.32 Å². The molecule has 0 saturated carbocycles. The fourth-order valence-electron chi connectivity index (χ4n) is 3.19. The molecule has 0 atom stereocenters. The summed E-state index contributed by atoms with van der Waals surface area (Å²) in [6.07, 6.45) is 4.18. The predicted octanol–water partition coefficient (Wildman–Crippen LogP) is 2.39. The Morgan fingerprint density at radius 2 is 2.04 bits per heavy atom. The normalized spacial score (nSPS) is 16.4. The third-order valence-corrected chi connectivity index (χ3v) is 6.86. The van der Waals surface area contributed by atoms with Gasteiger partial charge in [0.15, 0.2) is 0 Å². The van der Waals surface area contributed by atoms with Crippen molar-refractivity contribution in [2.75, 3.05) is 18.4 Å². The van der Waals surface area contributed by atoms with Crippen LogP contribution in [-0.4, -0.2) is 41.5 Å². The van der Waals surface area contributed by atoms with Crippen LogP contribution in [0.25, 0.3) is 0 Å². The standard InChI is InChI=1S/C18H23FN4O3S/c1-3-22-12-16(11-20-22)21-18(24)14-6-8-23(9-7-14)27(25,26)17-10-15(19)5-4-13(17)2/h4-5,10-12,14H,3,6-9H2,1-2H3,(H,21,24). The van der Waals surface area contributed by atoms with Crippen molar-refractivity contribution in [2.45, 2.75) is 38.1 Å². The van der Waals surface area contributed by atoms with Crippen molar-refractivity contribution >= 4 is 21.6 Å². The maximum Gasteiger partial charge on any atom is 0.243 e. The molecule has 1 aromatic heterocycles. The van der Waals surface area contributed by atoms with Crippen LogP contribution in [0.2, 0.25) is 0 Å². The number of carbonyl (C=O) groups is 1. The highest BCUT2D eigenvalue weighted by atomic mass is 32.2. The van der Waals surface area contributed by atoms with Gasteiger partial charge in [0, 0.05) is 31.7 Å². The minimum Gasteiger partial charge on any atom is -0.323 e. The topological polar surface area (TPSA) is 84.3 Å². The number of carbonyl (C=O) groups excluding carboxylic acids is 1. The maximum atomic E-state index is 13.5. The highest BCUT2D eigenvalue weighted by molar-refractivity contribution is 7.89. The molecule has 1 aliphatic rings. The fourth-order valence-corrected chi connectivity index (χ4v) is 4.90. The van der Waals surface area contributed by atoms with E-state index in [2.05, 4.69) is 10.4 Å². The summed E-state index contributed by atoms with van der Waals surface area (Å²) in [6, 6.07) is 3.75. The van der Waals surface area contributed by atoms with Gasteiger partial charge in [-0.3, -0.25) is 9.48 Å². The second-order valence-corrected chi connectivity index (χ2v) is 8.57. The Morgan fingerprint density at radius 3 is 2.67 bits per heavy atom. The van der Waals surface area contributed by atoms with E-state index >= 15 is 0 Å². The molecule has 27 heavy (non-hydrogen) atoms. The van der Waals surface area contributed by atoms with Crippen molar-refractivity contribution in [3.05, 3.63) is 42.0 Å². The second kappa shape index (κ2) is 7.77. The molecular weight excluding hydrogens is 371 g/mol. The fraction of sp³-hybridized carbons (Fsp3) is 0.444. The van der Waals surface area contributed by atoms with Gasteiger partial charge in [-0.1, -0.05) is 6.07 Å². The van der Waals surface area contributed by atoms with E-state index in [-0.39, 0.29) is 29.8 Å². The lowest BCUT2D eigenvalue weighted by Crippen LogP contribution is -2.41. The SMILES string of the molecule is CCn1cc(NC(=O)C2CCN(S(=O)(=O)c3cc(F)ccc3C)CC2)cn1. The average Bonchev–Trinajstić information content (AvgIpc) is 3.11. The number of halogens is 1. The molecule has 1 aliphatic heterocycles. The molecule has 1 fully saturated rings. The molecule has 0 spiro atoms. The van der Waals surface area contributed by atoms with Gasteiger partial charge in [-0.2, -0.15) is 9.40 Å². The summed E-state index contributed by atoms with van der Waals surface area (Å²) in [6.45, 7) is 4.76. The van der Waals surface area contributed by atoms with Gasteiger partial charge in [-0.15, -0.1) is 0 Å². The van der Waals surface area contributed by atoms with Gasteiger partial charge in [0.25, 0.3) is 0 Å². The lowest BCUT2D eigenvalue weighted by atomic mass is 9.97. The summed E-state index contributed by atoms with van der Waals surface area (Å²) in [5, 5.41) is 6.94. The zero-order chi connectivity index (χ0) is 19.6. The third-order valence-electron chi connectivity index (χ3n) is 4.82. The number of hydrogen-bond donors (Lipinski definition) is 1. The van der Waals surface area contributed by atoms with Crippen LogP contribution in [0.4, 0.5) is 10.1 Å². The number of hydrogen-bond acceptors (Lipinski definition) is 4. The average molecular weight is 394 g/mol. The van der Waals surface area contributed by atoms with E-state index in [1.807, 2.05) is 6.92 Å². The van der Waals surface area contributed by atoms with Crippen molar-refractivity contribution in [3.63, 3.8) is 0 Å². The number of rotatable bonds is 5. The van der Waals surface area contributed by atoms with E-state index < -0.39 is 15.8 Å². The maximum absolute atomic E-state index is 13.5. The Labute approximate surface area is 158 Å². The number of nitrogens with one attached hydrogen (secondary N) is 1. The molecule has 1 saturated heterocycles. The summed E-state index contributed by atoms with van der Waals surface area (Å²) in [5.41, 5.74) is 1.14. The highest BCUT2D eigenvalue weighted by Gasteiger charge is 2.33. The second-order valence-electron chi connectivity index (χ2n) is 6.66. The molecule has 2 aromatic rings. The lowest BCUT2D eigenvalue weighted by molar-refractivity contribution is -0.120. The summed E-state index contributed by atoms with van der Waals surface area (Å²) in [4.78, 5) is 12.4. The molecule has 0 radical (unpaired) electrons. The van der Waals surface area contributed by atoms with Crippen LogP contribution < -0.4 is 5.32 Å². The number of aryl methyl sites for hydroxylation is 2. The summed E-state index contributed by atoms with van der Waals surface area (Å²) >= 11 is 0. The lowest BCUT2D eigenvalue weighted by Gasteiger charge is -2.30. The largest absolute Gasteiger partial charge is 0.323 e. The molecule has 9 heteroatoms. The molecule has 0 bridgehead atoms. The molecule has 0 aliphatic carbocycles. The highest BCUT2D eigenvalue weighted by Crippen LogP contribution is 2.27. The first-order valence-electron chi connectivity index (χ1n) is 8.91. The van der Waals surface area contributed by atoms with Crippen LogP contribution in [0.3, 0.4) is 0 Å². The van der Waals surface area contributed by atoms with Crippen LogP contribution in [0.5, 0.6) is 0 Å². The monoisotopic (exact) mass is 394 g/mol. The van der Waals surface area contributed by atoms with E-state index in [1.54, 1.807) is 24.0 Å². The Balaban J connectivity index is 1.64. The van der Waals surface area contributed by atoms with Gasteiger partial charge in [0.05, 0.1) is 16.8 Å². The van der Waals surface area contributed by atoms with Gasteiger partial charge in [0.1, 0.15) is 5.82 Å². The first-order valence-corrected chi connectivity index (χ1v) is 10.3. The van der Waals surface area contributed by atoms with Crippen molar-refractivity contribution in [2.24, 2.45) is 5.92 Å². The number of piperidine rings is 1. The molecule has 146 valence electrons. The smallest absolute Gasteiger partial charge is 0.243 e. The summed E-state index contributed by atoms with van der Waals surface area (Å²) < 4.78 is 42.2. The van der Waals surface area contributed by atoms with Gasteiger partial charge in [-0.25, -0.2) is 12.8 Å². The molecule has 7 nitrogen and oxygen atoms in total. The van der Waals surface area contributed by atoms with Gasteiger partial charge in [0.2, 0.25) is 15.9 Å². The van der Waals surface area contributed by atoms with Crippen LogP contribution in [-0.2, 0) is 21.4 Å². The molecule has 1 aromatic carbocycles. The van der Waals surface area contributed by atoms with Gasteiger partial charge >= 0.3 is 0 Å². The number of nitrogens with zero attached hydrogens (tertiary/aromatic N) is 3. The Bertz CT molecular complexity index is 934. The molecule has 1 N–H and O–H groups in total. The Hall–Kier alpha value is -2.26. The van der Waals surface area contributed by atoms with E-state index in [0.29, 0.717) is 30.6 Å². The zero-order valence-electron chi connectivity index (χ0n) is 15.4. The van der Waals surface area contributed by atoms with E-state index in [1.165, 1.54) is 16.4 Å². The van der Waals surface area contributed by atoms with Crippen LogP contribution in [0.1, 0.15) is 25.3 Å². The van der Waals surface area contributed by atoms with Crippen LogP contribution in [0, 0.1) is 18.7 Å². The van der Waals surface area contributed by atoms with Crippen molar-refractivity contribution < 1.29 is 17.6 Å². The first-order chi connectivity index (χ1) is 12.8. The molecule has 3 rings (SSSR count). The minimum atomic E-state index is -3.77.